The van der Waals surface area contributed by atoms with E-state index in [-0.39, 0.29) is 16.6 Å². The van der Waals surface area contributed by atoms with Gasteiger partial charge in [-0.15, -0.1) is 13.2 Å². The Kier molecular flexibility index (Phi) is 8.22. The van der Waals surface area contributed by atoms with E-state index in [1.54, 1.807) is 6.07 Å². The Morgan fingerprint density at radius 1 is 0.974 bits per heavy atom. The first-order valence-corrected chi connectivity index (χ1v) is 13.0. The van der Waals surface area contributed by atoms with E-state index in [4.69, 9.17) is 0 Å². The molecule has 0 unspecified atom stereocenters. The molecule has 0 atom stereocenters. The average molecular weight is 563 g/mol. The van der Waals surface area contributed by atoms with Crippen LogP contribution in [0.3, 0.4) is 0 Å². The number of hydrogen-bond donors (Lipinski definition) is 3. The number of carbonyl (C=O) groups excluding carboxylic acids is 1. The minimum Gasteiger partial charge on any atom is -0.404 e. The first-order chi connectivity index (χ1) is 17.6. The Hall–Kier alpha value is -3.84. The summed E-state index contributed by atoms with van der Waals surface area (Å²) in [6, 6.07) is 8.83. The summed E-state index contributed by atoms with van der Waals surface area (Å²) in [5.41, 5.74) is 0.0614. The van der Waals surface area contributed by atoms with Crippen molar-refractivity contribution in [2.24, 2.45) is 0 Å². The first-order valence-electron chi connectivity index (χ1n) is 10.4. The van der Waals surface area contributed by atoms with Crippen molar-refractivity contribution < 1.29 is 45.3 Å². The molecule has 1 amide bonds. The van der Waals surface area contributed by atoms with Gasteiger partial charge in [-0.05, 0) is 43.7 Å². The molecule has 0 fully saturated rings. The van der Waals surface area contributed by atoms with Gasteiger partial charge in [-0.3, -0.25) is 9.63 Å². The zero-order chi connectivity index (χ0) is 28.3. The third kappa shape index (κ3) is 7.35. The monoisotopic (exact) mass is 563 g/mol. The molecule has 0 aliphatic rings. The SMILES string of the molecule is CONC(=O)c1ccc(Nc2ncc(C(F)(F)F)c(Nc3ccccc3P(C)(C)=O)n2)c(OC(F)(F)F)c1. The Morgan fingerprint density at radius 3 is 2.26 bits per heavy atom. The molecule has 3 aromatic rings. The number of nitrogens with one attached hydrogen (secondary N) is 3. The largest absolute Gasteiger partial charge is 0.573 e. The lowest BCUT2D eigenvalue weighted by atomic mass is 10.2. The summed E-state index contributed by atoms with van der Waals surface area (Å²) in [5.74, 6) is -3.05. The summed E-state index contributed by atoms with van der Waals surface area (Å²) in [4.78, 5) is 23.7. The molecule has 1 aromatic heterocycles. The summed E-state index contributed by atoms with van der Waals surface area (Å²) < 4.78 is 96.7. The predicted octanol–water partition coefficient (Wildman–Crippen LogP) is 5.42. The maximum Gasteiger partial charge on any atom is 0.573 e. The highest BCUT2D eigenvalue weighted by Gasteiger charge is 2.36. The van der Waals surface area contributed by atoms with Crippen LogP contribution in [0.5, 0.6) is 5.75 Å². The lowest BCUT2D eigenvalue weighted by Gasteiger charge is -2.19. The Balaban J connectivity index is 2.06. The van der Waals surface area contributed by atoms with Gasteiger partial charge in [-0.1, -0.05) is 12.1 Å². The minimum atomic E-state index is -5.17. The summed E-state index contributed by atoms with van der Waals surface area (Å²) in [6.45, 7) is 2.87. The highest BCUT2D eigenvalue weighted by molar-refractivity contribution is 7.70. The number of nitrogens with zero attached hydrogens (tertiary/aromatic N) is 2. The van der Waals surface area contributed by atoms with Crippen LogP contribution in [0.15, 0.2) is 48.7 Å². The lowest BCUT2D eigenvalue weighted by Crippen LogP contribution is -2.23. The number of halogens is 6. The number of benzene rings is 2. The number of ether oxygens (including phenoxy) is 1. The maximum atomic E-state index is 13.7. The van der Waals surface area contributed by atoms with Crippen molar-refractivity contribution in [2.75, 3.05) is 31.1 Å². The summed E-state index contributed by atoms with van der Waals surface area (Å²) in [5, 5.41) is 5.14. The van der Waals surface area contributed by atoms with Gasteiger partial charge in [0.1, 0.15) is 18.5 Å². The second kappa shape index (κ2) is 10.9. The smallest absolute Gasteiger partial charge is 0.404 e. The minimum absolute atomic E-state index is 0.0885. The molecular formula is C22H20F6N5O4P. The van der Waals surface area contributed by atoms with Crippen LogP contribution in [-0.2, 0) is 15.6 Å². The number of anilines is 4. The molecule has 0 aliphatic heterocycles. The molecule has 2 aromatic carbocycles. The molecule has 38 heavy (non-hydrogen) atoms. The van der Waals surface area contributed by atoms with Crippen molar-refractivity contribution >= 4 is 41.5 Å². The number of hydroxylamine groups is 1. The van der Waals surface area contributed by atoms with Crippen LogP contribution in [-0.4, -0.2) is 42.7 Å². The van der Waals surface area contributed by atoms with Gasteiger partial charge in [-0.2, -0.15) is 18.2 Å². The molecule has 0 aliphatic carbocycles. The van der Waals surface area contributed by atoms with Crippen LogP contribution in [0.25, 0.3) is 0 Å². The van der Waals surface area contributed by atoms with Crippen molar-refractivity contribution in [3.05, 3.63) is 59.8 Å². The summed E-state index contributed by atoms with van der Waals surface area (Å²) in [7, 11) is -1.81. The fraction of sp³-hybridized carbons (Fsp3) is 0.227. The second-order valence-corrected chi connectivity index (χ2v) is 11.1. The van der Waals surface area contributed by atoms with E-state index < -0.39 is 54.4 Å². The van der Waals surface area contributed by atoms with Gasteiger partial charge in [-0.25, -0.2) is 10.5 Å². The number of aromatic nitrogens is 2. The number of para-hydroxylation sites is 1. The van der Waals surface area contributed by atoms with Crippen molar-refractivity contribution in [1.29, 1.82) is 0 Å². The third-order valence-corrected chi connectivity index (χ3v) is 6.29. The van der Waals surface area contributed by atoms with Crippen LogP contribution in [0.2, 0.25) is 0 Å². The van der Waals surface area contributed by atoms with Crippen LogP contribution in [0.4, 0.5) is 49.5 Å². The second-order valence-electron chi connectivity index (χ2n) is 7.97. The van der Waals surface area contributed by atoms with Crippen LogP contribution in [0, 0.1) is 0 Å². The quantitative estimate of drug-likeness (QED) is 0.189. The van der Waals surface area contributed by atoms with Gasteiger partial charge in [0.15, 0.2) is 5.75 Å². The van der Waals surface area contributed by atoms with Crippen LogP contribution >= 0.6 is 7.14 Å². The third-order valence-electron chi connectivity index (χ3n) is 4.74. The lowest BCUT2D eigenvalue weighted by molar-refractivity contribution is -0.274. The van der Waals surface area contributed by atoms with E-state index >= 15 is 0 Å². The fourth-order valence-corrected chi connectivity index (χ4v) is 4.32. The molecule has 3 N–H and O–H groups in total. The van der Waals surface area contributed by atoms with Gasteiger partial charge in [0, 0.05) is 17.1 Å². The van der Waals surface area contributed by atoms with Crippen LogP contribution in [0.1, 0.15) is 15.9 Å². The van der Waals surface area contributed by atoms with Crippen molar-refractivity contribution in [3.8, 4) is 5.75 Å². The Labute approximate surface area is 211 Å². The zero-order valence-corrected chi connectivity index (χ0v) is 20.8. The van der Waals surface area contributed by atoms with E-state index in [2.05, 4.69) is 30.2 Å². The topological polar surface area (TPSA) is 114 Å². The fourth-order valence-electron chi connectivity index (χ4n) is 3.17. The zero-order valence-electron chi connectivity index (χ0n) is 19.9. The Bertz CT molecular complexity index is 1380. The van der Waals surface area contributed by atoms with Gasteiger partial charge >= 0.3 is 12.5 Å². The summed E-state index contributed by atoms with van der Waals surface area (Å²) in [6.07, 6.45) is -9.64. The van der Waals surface area contributed by atoms with E-state index in [9.17, 15) is 35.7 Å². The standard InChI is InChI=1S/C22H20F6N5O4P/c1-36-33-19(34)12-8-9-14(16(10-12)37-22(26,27)28)31-20-29-11-13(21(23,24)25)18(32-20)30-15-6-4-5-7-17(15)38(2,3)35/h4-11H,1-3H3,(H,33,34)(H2,29,30,31,32). The molecular weight excluding hydrogens is 543 g/mol. The maximum absolute atomic E-state index is 13.7. The molecule has 0 saturated carbocycles. The molecule has 1 heterocycles. The van der Waals surface area contributed by atoms with Gasteiger partial charge in [0.05, 0.1) is 18.5 Å². The van der Waals surface area contributed by atoms with E-state index in [1.165, 1.54) is 31.5 Å². The highest BCUT2D eigenvalue weighted by Crippen LogP contribution is 2.40. The molecule has 0 radical (unpaired) electrons. The summed E-state index contributed by atoms with van der Waals surface area (Å²) >= 11 is 0. The van der Waals surface area contributed by atoms with E-state index in [0.29, 0.717) is 6.20 Å². The average Bonchev–Trinajstić information content (AvgIpc) is 2.78. The van der Waals surface area contributed by atoms with Crippen molar-refractivity contribution in [1.82, 2.24) is 15.4 Å². The Morgan fingerprint density at radius 2 is 1.66 bits per heavy atom. The van der Waals surface area contributed by atoms with Crippen molar-refractivity contribution in [3.63, 3.8) is 0 Å². The van der Waals surface area contributed by atoms with Gasteiger partial charge in [0.25, 0.3) is 5.91 Å². The van der Waals surface area contributed by atoms with Crippen LogP contribution < -0.4 is 26.2 Å². The predicted molar refractivity (Wildman–Crippen MR) is 127 cm³/mol. The molecule has 3 rings (SSSR count). The van der Waals surface area contributed by atoms with Crippen molar-refractivity contribution in [2.45, 2.75) is 12.5 Å². The normalized spacial score (nSPS) is 12.1. The molecule has 9 nitrogen and oxygen atoms in total. The first kappa shape index (κ1) is 28.7. The van der Waals surface area contributed by atoms with E-state index in [1.807, 2.05) is 5.48 Å². The highest BCUT2D eigenvalue weighted by atomic mass is 31.2. The molecule has 204 valence electrons. The number of carbonyl (C=O) groups is 1. The molecule has 0 saturated heterocycles. The number of rotatable bonds is 8. The van der Waals surface area contributed by atoms with Gasteiger partial charge in [0.2, 0.25) is 5.95 Å². The number of alkyl halides is 6. The molecule has 0 bridgehead atoms. The van der Waals surface area contributed by atoms with Gasteiger partial charge < -0.3 is 19.9 Å². The molecule has 0 spiro atoms. The number of hydrogen-bond acceptors (Lipinski definition) is 8. The van der Waals surface area contributed by atoms with E-state index in [0.717, 1.165) is 25.3 Å². The number of amides is 1. The molecule has 16 heteroatoms.